The number of nitrogens with two attached hydrogens (primary N) is 1. The Bertz CT molecular complexity index is 3960. The number of benzene rings is 4. The molecule has 1 aliphatic heterocycles. The molecule has 3 heterocycles. The van der Waals surface area contributed by atoms with E-state index in [4.69, 9.17) is 39.3 Å². The Morgan fingerprint density at radius 1 is 0.717 bits per heavy atom. The second-order valence-electron chi connectivity index (χ2n) is 21.5. The van der Waals surface area contributed by atoms with Crippen LogP contribution in [0, 0.1) is 5.41 Å². The Hall–Kier alpha value is -8.86. The van der Waals surface area contributed by atoms with Crippen LogP contribution in [-0.2, 0) is 66.6 Å². The number of nitrogens with zero attached hydrogens (tertiary/aromatic N) is 4. The van der Waals surface area contributed by atoms with Crippen molar-refractivity contribution in [1.29, 1.82) is 0 Å². The van der Waals surface area contributed by atoms with Gasteiger partial charge in [-0.25, -0.2) is 24.1 Å². The predicted molar refractivity (Wildman–Crippen MR) is 342 cm³/mol. The maximum absolute atomic E-state index is 12.6. The lowest BCUT2D eigenvalue weighted by Crippen LogP contribution is -2.46. The quantitative estimate of drug-likeness (QED) is 0.0160. The minimum atomic E-state index is -5.93. The van der Waals surface area contributed by atoms with Crippen molar-refractivity contribution < 1.29 is 134 Å². The van der Waals surface area contributed by atoms with Gasteiger partial charge in [-0.1, -0.05) is 56.3 Å². The summed E-state index contributed by atoms with van der Waals surface area (Å²) in [6.45, 7) is -0.0866. The summed E-state index contributed by atoms with van der Waals surface area (Å²) in [7, 11) is -11.8. The number of amides is 2. The maximum Gasteiger partial charge on any atom is 0.331 e. The lowest BCUT2D eigenvalue weighted by atomic mass is 9.87. The molecule has 38 heteroatoms. The van der Waals surface area contributed by atoms with E-state index in [0.717, 1.165) is 33.9 Å². The van der Waals surface area contributed by atoms with Gasteiger partial charge in [0.1, 0.15) is 48.7 Å². The zero-order chi connectivity index (χ0) is 73.3. The molecule has 540 valence electrons. The third kappa shape index (κ3) is 26.1. The number of imidazole rings is 1. The van der Waals surface area contributed by atoms with Crippen molar-refractivity contribution in [1.82, 2.24) is 30.2 Å². The number of methoxy groups -OCH3 is 4. The van der Waals surface area contributed by atoms with E-state index >= 15 is 0 Å². The highest BCUT2D eigenvalue weighted by atomic mass is 31.3. The number of hydrogen-bond donors (Lipinski definition) is 10. The predicted octanol–water partition coefficient (Wildman–Crippen LogP) is 1.97. The van der Waals surface area contributed by atoms with Crippen molar-refractivity contribution in [2.24, 2.45) is 5.41 Å². The summed E-state index contributed by atoms with van der Waals surface area (Å²) in [6, 6.07) is 19.4. The Morgan fingerprint density at radius 3 is 1.82 bits per heavy atom. The second-order valence-corrected chi connectivity index (χ2v) is 25.6. The molecule has 4 aromatic carbocycles. The first kappa shape index (κ1) is 80.8. The molecular formula is C61H74N7O28P3-4. The molecule has 11 N–H and O–H groups in total. The number of ether oxygens (including phenoxy) is 6. The minimum Gasteiger partial charge on any atom is -0.790 e. The number of aliphatic hydroxyl groups is 3. The van der Waals surface area contributed by atoms with Crippen molar-refractivity contribution in [3.05, 3.63) is 126 Å². The average Bonchev–Trinajstić information content (AvgIpc) is 1.62. The van der Waals surface area contributed by atoms with Crippen LogP contribution in [0.25, 0.3) is 29.4 Å². The summed E-state index contributed by atoms with van der Waals surface area (Å²) in [5, 5.41) is 72.7. The molecule has 0 spiro atoms. The lowest BCUT2D eigenvalue weighted by Gasteiger charge is -2.36. The van der Waals surface area contributed by atoms with E-state index in [9.17, 15) is 83.1 Å². The Labute approximate surface area is 566 Å². The van der Waals surface area contributed by atoms with Crippen LogP contribution in [-0.4, -0.2) is 171 Å². The molecule has 0 saturated carbocycles. The number of anilines is 1. The third-order valence-corrected chi connectivity index (χ3v) is 16.8. The number of aliphatic hydroxyl groups excluding tert-OH is 3. The minimum absolute atomic E-state index is 0.00317. The van der Waals surface area contributed by atoms with Crippen LogP contribution in [0.3, 0.4) is 0 Å². The number of phosphoric ester groups is 3. The monoisotopic (exact) mass is 1450 g/mol. The van der Waals surface area contributed by atoms with Crippen LogP contribution in [0.4, 0.5) is 5.82 Å². The zero-order valence-electron chi connectivity index (χ0n) is 53.9. The number of carbonyl (C=O) groups excluding carboxylic acids is 4. The molecule has 35 nitrogen and oxygen atoms in total. The van der Waals surface area contributed by atoms with Gasteiger partial charge in [0.15, 0.2) is 63.7 Å². The number of hydrogen-bond acceptors (Lipinski definition) is 32. The number of phosphoric acid groups is 3. The number of phenols is 4. The number of aromatic nitrogens is 4. The van der Waals surface area contributed by atoms with E-state index in [1.807, 2.05) is 0 Å². The normalized spacial score (nSPS) is 16.9. The van der Waals surface area contributed by atoms with Gasteiger partial charge in [0.25, 0.3) is 15.6 Å². The largest absolute Gasteiger partial charge is 0.790 e. The van der Waals surface area contributed by atoms with Gasteiger partial charge in [-0.05, 0) is 89.4 Å². The average molecular weight is 1450 g/mol. The number of esters is 1. The fourth-order valence-corrected chi connectivity index (χ4v) is 11.4. The Morgan fingerprint density at radius 2 is 1.25 bits per heavy atom. The van der Waals surface area contributed by atoms with Gasteiger partial charge in [0.05, 0.1) is 62.4 Å². The SMILES string of the molecule is COc1cc(/C=C/CO)ccc1O.COc1cc(/C=C/COC(=O)/C=C/c2ccc(O)c(OC)c2)ccc1O.COc1cc(CCC(=O)CCNC(=O)CCNC(=O)C(O)C(C)(C)COP(=O)([O-])OP(=O)([O-])OCC2OC(n3cnc4c(N)ncnc43)C(O)C2OP(=O)([O-])[O-])ccc1O. The van der Waals surface area contributed by atoms with Gasteiger partial charge in [-0.3, -0.25) is 28.1 Å². The summed E-state index contributed by atoms with van der Waals surface area (Å²) >= 11 is 0. The highest BCUT2D eigenvalue weighted by Gasteiger charge is 2.47. The molecule has 1 aliphatic rings. The molecular weight excluding hydrogens is 1370 g/mol. The van der Waals surface area contributed by atoms with Crippen LogP contribution < -0.4 is 54.9 Å². The number of nitrogen functional groups attached to an aromatic ring is 1. The van der Waals surface area contributed by atoms with Crippen LogP contribution in [0.15, 0.2) is 104 Å². The molecule has 0 bridgehead atoms. The van der Waals surface area contributed by atoms with Crippen LogP contribution >= 0.6 is 23.5 Å². The number of rotatable bonds is 33. The highest BCUT2D eigenvalue weighted by molar-refractivity contribution is 7.59. The molecule has 1 fully saturated rings. The third-order valence-electron chi connectivity index (χ3n) is 13.8. The topological polar surface area (TPSA) is 539 Å². The summed E-state index contributed by atoms with van der Waals surface area (Å²) in [5.41, 5.74) is 7.18. The Kier molecular flexibility index (Phi) is 31.0. The first-order chi connectivity index (χ1) is 46.7. The summed E-state index contributed by atoms with van der Waals surface area (Å²) in [5.74, 6) is -0.724. The van der Waals surface area contributed by atoms with Crippen molar-refractivity contribution in [2.75, 3.05) is 73.7 Å². The van der Waals surface area contributed by atoms with Gasteiger partial charge in [-0.2, -0.15) is 0 Å². The first-order valence-electron chi connectivity index (χ1n) is 29.3. The summed E-state index contributed by atoms with van der Waals surface area (Å²) < 4.78 is 85.6. The van der Waals surface area contributed by atoms with E-state index < -0.39 is 90.5 Å². The number of carbonyl (C=O) groups is 4. The number of aryl methyl sites for hydroxylation is 1. The Balaban J connectivity index is 0.000000367. The van der Waals surface area contributed by atoms with E-state index in [1.165, 1.54) is 66.6 Å². The maximum atomic E-state index is 12.6. The van der Waals surface area contributed by atoms with E-state index in [-0.39, 0.29) is 97.1 Å². The smallest absolute Gasteiger partial charge is 0.331 e. The van der Waals surface area contributed by atoms with Crippen LogP contribution in [0.1, 0.15) is 61.6 Å². The summed E-state index contributed by atoms with van der Waals surface area (Å²) in [4.78, 5) is 108. The molecule has 2 amide bonds. The standard InChI is InChI=1S/C31H46N7O19P3.C20H20O6.C10H12O3/c1-31(2,26(43)29(44)34-11-9-22(41)33-10-8-18(39)6-4-17-5-7-19(40)20(12-17)52-3)14-54-60(50,51)57-59(48,49)53-13-21-25(56-58(45,46)47)24(42)30(55-21)38-16-37-23-27(32)35-15-36-28(23)38;1-24-18-12-14(5-8-16(18)21)4-3-11-26-20(23)10-7-15-6-9-17(22)19(13-15)25-2;1-13-10-7-8(3-2-6-11)4-5-9(10)12/h5,7,12,15-16,21,24-26,30,40,42-43H,4,6,8-11,13-14H2,1-3H3,(H,33,41)(H,34,44)(H,48,49)(H,50,51)(H2,32,35,36)(H2,45,46,47);3-10,12-13,21-22H,11H2,1-2H3;2-5,7,11-12H,6H2,1H3/p-4/b;4-3+,10-7+;3-2+. The van der Waals surface area contributed by atoms with Gasteiger partial charge in [-0.15, -0.1) is 0 Å². The fraction of sp³-hybridized carbons (Fsp3) is 0.361. The molecule has 7 unspecified atom stereocenters. The molecule has 2 aromatic heterocycles. The van der Waals surface area contributed by atoms with Gasteiger partial charge in [0.2, 0.25) is 11.8 Å². The molecule has 7 rings (SSSR count). The highest BCUT2D eigenvalue weighted by Crippen LogP contribution is 2.56. The number of phenolic OH excluding ortho intramolecular Hbond substituents is 4. The van der Waals surface area contributed by atoms with Gasteiger partial charge >= 0.3 is 5.97 Å². The van der Waals surface area contributed by atoms with Gasteiger partial charge in [0, 0.05) is 43.8 Å². The molecule has 1 saturated heterocycles. The lowest BCUT2D eigenvalue weighted by molar-refractivity contribution is -0.347. The number of fused-ring (bicyclic) bond motifs is 1. The zero-order valence-corrected chi connectivity index (χ0v) is 56.6. The van der Waals surface area contributed by atoms with E-state index in [0.29, 0.717) is 29.2 Å². The molecule has 0 aliphatic carbocycles. The van der Waals surface area contributed by atoms with Crippen molar-refractivity contribution in [3.63, 3.8) is 0 Å². The first-order valence-corrected chi connectivity index (χ1v) is 33.7. The molecule has 99 heavy (non-hydrogen) atoms. The number of Topliss-reactive ketones (excluding diaryl/α,β-unsaturated/α-hetero) is 1. The van der Waals surface area contributed by atoms with Crippen LogP contribution in [0.5, 0.6) is 46.0 Å². The molecule has 0 radical (unpaired) electrons. The number of ketones is 1. The summed E-state index contributed by atoms with van der Waals surface area (Å²) in [6.07, 6.45) is 2.52. The van der Waals surface area contributed by atoms with E-state index in [2.05, 4.69) is 43.5 Å². The van der Waals surface area contributed by atoms with Crippen molar-refractivity contribution in [2.45, 2.75) is 70.2 Å². The van der Waals surface area contributed by atoms with Crippen molar-refractivity contribution >= 4 is 82.2 Å². The molecule has 6 aromatic rings. The second kappa shape index (κ2) is 37.9. The van der Waals surface area contributed by atoms with E-state index in [1.54, 1.807) is 85.0 Å². The molecule has 7 atom stereocenters. The number of aromatic hydroxyl groups is 4. The van der Waals surface area contributed by atoms with Crippen LogP contribution in [0.2, 0.25) is 0 Å². The van der Waals surface area contributed by atoms with Crippen molar-refractivity contribution in [3.8, 4) is 46.0 Å². The fourth-order valence-electron chi connectivity index (χ4n) is 8.65. The van der Waals surface area contributed by atoms with Gasteiger partial charge < -0.3 is 118 Å². The number of nitrogens with one attached hydrogen (secondary N) is 2.